The lowest BCUT2D eigenvalue weighted by Gasteiger charge is -2.29. The molecule has 0 aliphatic carbocycles. The van der Waals surface area contributed by atoms with Gasteiger partial charge in [0.05, 0.1) is 0 Å². The minimum Gasteiger partial charge on any atom is -0.480 e. The molecule has 62 valence electrons. The van der Waals surface area contributed by atoms with Crippen LogP contribution in [0.3, 0.4) is 0 Å². The maximum atomic E-state index is 5.08. The van der Waals surface area contributed by atoms with Crippen LogP contribution in [0.5, 0.6) is 0 Å². The van der Waals surface area contributed by atoms with Gasteiger partial charge in [0, 0.05) is 13.1 Å². The lowest BCUT2D eigenvalue weighted by molar-refractivity contribution is 0.138. The van der Waals surface area contributed by atoms with E-state index in [-0.39, 0.29) is 0 Å². The number of aliphatic imine (C=N–C) groups is 1. The first-order valence-electron chi connectivity index (χ1n) is 4.34. The summed E-state index contributed by atoms with van der Waals surface area (Å²) in [5.74, 6) is 0. The van der Waals surface area contributed by atoms with E-state index in [1.165, 1.54) is 32.4 Å². The van der Waals surface area contributed by atoms with Gasteiger partial charge in [-0.05, 0) is 12.8 Å². The molecule has 0 radical (unpaired) electrons. The largest absolute Gasteiger partial charge is 0.480 e. The number of likely N-dealkylation sites (tertiary alicyclic amines) is 1. The molecule has 0 spiro atoms. The van der Waals surface area contributed by atoms with Gasteiger partial charge in [-0.2, -0.15) is 0 Å². The van der Waals surface area contributed by atoms with Crippen molar-refractivity contribution in [1.82, 2.24) is 4.90 Å². The number of hydrogen-bond donors (Lipinski definition) is 0. The summed E-state index contributed by atoms with van der Waals surface area (Å²) in [7, 11) is 0. The van der Waals surface area contributed by atoms with Gasteiger partial charge >= 0.3 is 0 Å². The van der Waals surface area contributed by atoms with Gasteiger partial charge in [0.2, 0.25) is 0 Å². The summed E-state index contributed by atoms with van der Waals surface area (Å²) >= 11 is 0. The second-order valence-corrected chi connectivity index (χ2v) is 3.17. The van der Waals surface area contributed by atoms with Gasteiger partial charge in [-0.15, -0.1) is 0 Å². The fourth-order valence-electron chi connectivity index (χ4n) is 1.70. The Balaban J connectivity index is 1.87. The predicted molar refractivity (Wildman–Crippen MR) is 43.7 cm³/mol. The van der Waals surface area contributed by atoms with Crippen molar-refractivity contribution in [2.24, 2.45) is 4.99 Å². The van der Waals surface area contributed by atoms with Crippen molar-refractivity contribution in [3.8, 4) is 0 Å². The number of nitrogens with zero attached hydrogens (tertiary/aromatic N) is 2. The van der Waals surface area contributed by atoms with E-state index in [0.29, 0.717) is 6.17 Å². The van der Waals surface area contributed by atoms with Gasteiger partial charge < -0.3 is 4.74 Å². The van der Waals surface area contributed by atoms with Gasteiger partial charge in [-0.3, -0.25) is 4.90 Å². The van der Waals surface area contributed by atoms with Crippen molar-refractivity contribution in [1.29, 1.82) is 0 Å². The number of piperidine rings is 1. The Kier molecular flexibility index (Phi) is 2.08. The molecule has 3 nitrogen and oxygen atoms in total. The second kappa shape index (κ2) is 3.22. The van der Waals surface area contributed by atoms with Crippen molar-refractivity contribution in [3.05, 3.63) is 0 Å². The van der Waals surface area contributed by atoms with Crippen LogP contribution < -0.4 is 0 Å². The molecule has 1 unspecified atom stereocenters. The van der Waals surface area contributed by atoms with Crippen molar-refractivity contribution in [2.45, 2.75) is 25.4 Å². The molecular formula is C8H14N2O. The molecule has 1 saturated heterocycles. The van der Waals surface area contributed by atoms with Crippen LogP contribution in [-0.2, 0) is 4.74 Å². The monoisotopic (exact) mass is 154 g/mol. The molecule has 1 atom stereocenters. The van der Waals surface area contributed by atoms with Gasteiger partial charge in [0.25, 0.3) is 0 Å². The first-order valence-corrected chi connectivity index (χ1v) is 4.34. The van der Waals surface area contributed by atoms with Gasteiger partial charge in [-0.1, -0.05) is 6.42 Å². The van der Waals surface area contributed by atoms with E-state index in [1.807, 2.05) is 0 Å². The van der Waals surface area contributed by atoms with Crippen LogP contribution >= 0.6 is 0 Å². The third-order valence-electron chi connectivity index (χ3n) is 2.36. The van der Waals surface area contributed by atoms with Crippen molar-refractivity contribution in [3.63, 3.8) is 0 Å². The number of hydrogen-bond acceptors (Lipinski definition) is 3. The second-order valence-electron chi connectivity index (χ2n) is 3.17. The lowest BCUT2D eigenvalue weighted by atomic mass is 10.1. The molecule has 2 heterocycles. The summed E-state index contributed by atoms with van der Waals surface area (Å²) in [5, 5.41) is 0. The predicted octanol–water partition coefficient (Wildman–Crippen LogP) is 0.857. The van der Waals surface area contributed by atoms with Crippen LogP contribution in [0.1, 0.15) is 19.3 Å². The van der Waals surface area contributed by atoms with Gasteiger partial charge in [0.1, 0.15) is 12.8 Å². The van der Waals surface area contributed by atoms with E-state index in [0.717, 1.165) is 6.61 Å². The third kappa shape index (κ3) is 1.53. The molecule has 1 fully saturated rings. The third-order valence-corrected chi connectivity index (χ3v) is 2.36. The molecule has 2 rings (SSSR count). The topological polar surface area (TPSA) is 24.8 Å². The molecular weight excluding hydrogens is 140 g/mol. The number of rotatable bonds is 1. The van der Waals surface area contributed by atoms with Gasteiger partial charge in [-0.25, -0.2) is 4.99 Å². The Labute approximate surface area is 67.1 Å². The van der Waals surface area contributed by atoms with Crippen molar-refractivity contribution >= 4 is 6.40 Å². The molecule has 0 aromatic rings. The zero-order valence-electron chi connectivity index (χ0n) is 6.70. The van der Waals surface area contributed by atoms with E-state index >= 15 is 0 Å². The molecule has 0 bridgehead atoms. The summed E-state index contributed by atoms with van der Waals surface area (Å²) in [4.78, 5) is 6.65. The molecule has 2 aliphatic rings. The lowest BCUT2D eigenvalue weighted by Crippen LogP contribution is -2.38. The summed E-state index contributed by atoms with van der Waals surface area (Å²) in [5.41, 5.74) is 0. The summed E-state index contributed by atoms with van der Waals surface area (Å²) in [6, 6.07) is 0. The van der Waals surface area contributed by atoms with Crippen molar-refractivity contribution in [2.75, 3.05) is 19.7 Å². The Morgan fingerprint density at radius 2 is 2.09 bits per heavy atom. The summed E-state index contributed by atoms with van der Waals surface area (Å²) in [6.07, 6.45) is 5.95. The van der Waals surface area contributed by atoms with Crippen LogP contribution in [0.2, 0.25) is 0 Å². The van der Waals surface area contributed by atoms with Crippen LogP contribution in [-0.4, -0.2) is 37.2 Å². The van der Waals surface area contributed by atoms with Crippen LogP contribution in [0, 0.1) is 0 Å². The first-order chi connectivity index (χ1) is 5.47. The molecule has 2 aliphatic heterocycles. The highest BCUT2D eigenvalue weighted by Gasteiger charge is 2.21. The van der Waals surface area contributed by atoms with Crippen LogP contribution in [0.4, 0.5) is 0 Å². The molecule has 0 aromatic carbocycles. The zero-order chi connectivity index (χ0) is 7.52. The fourth-order valence-corrected chi connectivity index (χ4v) is 1.70. The Morgan fingerprint density at radius 3 is 2.73 bits per heavy atom. The maximum absolute atomic E-state index is 5.08. The van der Waals surface area contributed by atoms with E-state index in [9.17, 15) is 0 Å². The fraction of sp³-hybridized carbons (Fsp3) is 0.875. The highest BCUT2D eigenvalue weighted by atomic mass is 16.5. The normalized spacial score (nSPS) is 32.2. The van der Waals surface area contributed by atoms with Gasteiger partial charge in [0.15, 0.2) is 6.40 Å². The van der Waals surface area contributed by atoms with E-state index in [1.54, 1.807) is 6.40 Å². The Hall–Kier alpha value is -0.570. The Morgan fingerprint density at radius 1 is 1.27 bits per heavy atom. The molecule has 3 heteroatoms. The highest BCUT2D eigenvalue weighted by molar-refractivity contribution is 5.48. The van der Waals surface area contributed by atoms with Crippen LogP contribution in [0.25, 0.3) is 0 Å². The molecule has 0 saturated carbocycles. The first kappa shape index (κ1) is 7.10. The maximum Gasteiger partial charge on any atom is 0.171 e. The highest BCUT2D eigenvalue weighted by Crippen LogP contribution is 2.14. The quantitative estimate of drug-likeness (QED) is 0.559. The average molecular weight is 154 g/mol. The minimum absolute atomic E-state index is 0.329. The van der Waals surface area contributed by atoms with E-state index in [4.69, 9.17) is 4.74 Å². The SMILES string of the molecule is C1=NC(N2CCCCC2)CO1. The molecule has 0 amide bonds. The smallest absolute Gasteiger partial charge is 0.171 e. The van der Waals surface area contributed by atoms with E-state index in [2.05, 4.69) is 9.89 Å². The summed E-state index contributed by atoms with van der Waals surface area (Å²) in [6.45, 7) is 3.16. The minimum atomic E-state index is 0.329. The molecule has 0 aromatic heterocycles. The Bertz CT molecular complexity index is 152. The zero-order valence-corrected chi connectivity index (χ0v) is 6.70. The van der Waals surface area contributed by atoms with E-state index < -0.39 is 0 Å². The van der Waals surface area contributed by atoms with Crippen LogP contribution in [0.15, 0.2) is 4.99 Å². The summed E-state index contributed by atoms with van der Waals surface area (Å²) < 4.78 is 5.08. The van der Waals surface area contributed by atoms with Crippen molar-refractivity contribution < 1.29 is 4.74 Å². The molecule has 11 heavy (non-hydrogen) atoms. The average Bonchev–Trinajstić information content (AvgIpc) is 2.58. The number of ether oxygens (including phenoxy) is 1. The molecule has 0 N–H and O–H groups in total. The standard InChI is InChI=1S/C8H14N2O/c1-2-4-10(5-3-1)8-6-11-7-9-8/h7-8H,1-6H2.